The minimum absolute atomic E-state index is 0.572. The molecule has 112 valence electrons. The Balaban J connectivity index is 0.000000286. The van der Waals surface area contributed by atoms with Gasteiger partial charge in [0.25, 0.3) is 0 Å². The molecule has 0 bridgehead atoms. The first-order chi connectivity index (χ1) is 9.91. The van der Waals surface area contributed by atoms with E-state index in [1.54, 1.807) is 24.5 Å². The van der Waals surface area contributed by atoms with Gasteiger partial charge in [-0.3, -0.25) is 9.59 Å². The van der Waals surface area contributed by atoms with Gasteiger partial charge >= 0.3 is 11.9 Å². The number of rotatable bonds is 2. The van der Waals surface area contributed by atoms with Crippen molar-refractivity contribution in [1.82, 2.24) is 9.97 Å². The van der Waals surface area contributed by atoms with Crippen molar-refractivity contribution >= 4 is 23.6 Å². The van der Waals surface area contributed by atoms with E-state index in [1.165, 1.54) is 0 Å². The van der Waals surface area contributed by atoms with Gasteiger partial charge in [0.15, 0.2) is 0 Å². The fourth-order valence-corrected chi connectivity index (χ4v) is 0.881. The van der Waals surface area contributed by atoms with Crippen LogP contribution in [0.25, 0.3) is 0 Å². The van der Waals surface area contributed by atoms with Gasteiger partial charge < -0.3 is 21.7 Å². The molecule has 2 rings (SSSR count). The molecule has 2 heterocycles. The van der Waals surface area contributed by atoms with Crippen LogP contribution in [-0.4, -0.2) is 32.1 Å². The number of carboxylic acids is 2. The Labute approximate surface area is 121 Å². The van der Waals surface area contributed by atoms with Gasteiger partial charge in [0.1, 0.15) is 18.1 Å². The minimum atomic E-state index is -1.31. The summed E-state index contributed by atoms with van der Waals surface area (Å²) in [6.07, 6.45) is 2.52. The second-order valence-corrected chi connectivity index (χ2v) is 3.47. The SMILES string of the molecule is Nc1ccccn1.Nc1ccccn1.O=C(O)CC(=O)O. The number of anilines is 2. The Morgan fingerprint density at radius 2 is 1.24 bits per heavy atom. The molecule has 8 nitrogen and oxygen atoms in total. The monoisotopic (exact) mass is 292 g/mol. The van der Waals surface area contributed by atoms with Gasteiger partial charge in [-0.2, -0.15) is 0 Å². The summed E-state index contributed by atoms with van der Waals surface area (Å²) in [6, 6.07) is 10.9. The number of carboxylic acid groups (broad SMARTS) is 2. The summed E-state index contributed by atoms with van der Waals surface area (Å²) in [4.78, 5) is 26.4. The number of aliphatic carboxylic acids is 2. The standard InChI is InChI=1S/2C5H6N2.C3H4O4/c2*6-5-3-1-2-4-7-5;4-2(5)1-3(6)7/h2*1-4H,(H2,6,7);1H2,(H,4,5)(H,6,7). The maximum atomic E-state index is 9.43. The second-order valence-electron chi connectivity index (χ2n) is 3.47. The number of hydrogen-bond acceptors (Lipinski definition) is 6. The molecule has 0 aliphatic carbocycles. The second kappa shape index (κ2) is 10.7. The van der Waals surface area contributed by atoms with Crippen molar-refractivity contribution in [2.45, 2.75) is 6.42 Å². The fraction of sp³-hybridized carbons (Fsp3) is 0.0769. The van der Waals surface area contributed by atoms with Gasteiger partial charge in [0.05, 0.1) is 0 Å². The average molecular weight is 292 g/mol. The van der Waals surface area contributed by atoms with Crippen molar-refractivity contribution in [3.05, 3.63) is 48.8 Å². The highest BCUT2D eigenvalue weighted by Gasteiger charge is 2.01. The normalized spacial score (nSPS) is 8.38. The molecule has 8 heteroatoms. The topological polar surface area (TPSA) is 152 Å². The molecule has 2 aromatic heterocycles. The molecule has 0 aromatic carbocycles. The summed E-state index contributed by atoms with van der Waals surface area (Å²) >= 11 is 0. The molecule has 0 saturated heterocycles. The molecule has 6 N–H and O–H groups in total. The molecular formula is C13H16N4O4. The molecule has 0 saturated carbocycles. The highest BCUT2D eigenvalue weighted by molar-refractivity contribution is 5.88. The smallest absolute Gasteiger partial charge is 0.314 e. The molecular weight excluding hydrogens is 276 g/mol. The zero-order valence-corrected chi connectivity index (χ0v) is 11.1. The van der Waals surface area contributed by atoms with E-state index in [2.05, 4.69) is 9.97 Å². The first-order valence-electron chi connectivity index (χ1n) is 5.68. The summed E-state index contributed by atoms with van der Waals surface area (Å²) in [5, 5.41) is 15.4. The van der Waals surface area contributed by atoms with Crippen LogP contribution in [0, 0.1) is 0 Å². The van der Waals surface area contributed by atoms with Crippen molar-refractivity contribution in [2.24, 2.45) is 0 Å². The summed E-state index contributed by atoms with van der Waals surface area (Å²) in [5.41, 5.74) is 10.5. The highest BCUT2D eigenvalue weighted by Crippen LogP contribution is 1.90. The summed E-state index contributed by atoms with van der Waals surface area (Å²) in [7, 11) is 0. The van der Waals surface area contributed by atoms with Crippen LogP contribution in [0.4, 0.5) is 11.6 Å². The molecule has 0 atom stereocenters. The van der Waals surface area contributed by atoms with Crippen molar-refractivity contribution < 1.29 is 19.8 Å². The van der Waals surface area contributed by atoms with Crippen molar-refractivity contribution in [2.75, 3.05) is 11.5 Å². The summed E-state index contributed by atoms with van der Waals surface area (Å²) in [5.74, 6) is -1.48. The van der Waals surface area contributed by atoms with Crippen LogP contribution >= 0.6 is 0 Å². The van der Waals surface area contributed by atoms with E-state index in [4.69, 9.17) is 21.7 Å². The number of nitrogens with two attached hydrogens (primary N) is 2. The lowest BCUT2D eigenvalue weighted by molar-refractivity contribution is -0.147. The molecule has 0 amide bonds. The predicted octanol–water partition coefficient (Wildman–Crippen LogP) is 0.873. The van der Waals surface area contributed by atoms with E-state index in [0.29, 0.717) is 11.6 Å². The van der Waals surface area contributed by atoms with Crippen LogP contribution < -0.4 is 11.5 Å². The summed E-state index contributed by atoms with van der Waals surface area (Å²) in [6.45, 7) is 0. The Morgan fingerprint density at radius 1 is 0.857 bits per heavy atom. The first kappa shape index (κ1) is 17.8. The van der Waals surface area contributed by atoms with Crippen molar-refractivity contribution in [1.29, 1.82) is 0 Å². The molecule has 2 aromatic rings. The third kappa shape index (κ3) is 13.1. The largest absolute Gasteiger partial charge is 0.481 e. The van der Waals surface area contributed by atoms with E-state index in [1.807, 2.05) is 24.3 Å². The van der Waals surface area contributed by atoms with E-state index in [0.717, 1.165) is 0 Å². The Bertz CT molecular complexity index is 485. The Kier molecular flexibility index (Phi) is 9.12. The Hall–Kier alpha value is -3.16. The average Bonchev–Trinajstić information content (AvgIpc) is 2.40. The van der Waals surface area contributed by atoms with E-state index < -0.39 is 18.4 Å². The molecule has 21 heavy (non-hydrogen) atoms. The van der Waals surface area contributed by atoms with Crippen molar-refractivity contribution in [3.8, 4) is 0 Å². The minimum Gasteiger partial charge on any atom is -0.481 e. The number of carbonyl (C=O) groups is 2. The van der Waals surface area contributed by atoms with Crippen LogP contribution in [0.1, 0.15) is 6.42 Å². The molecule has 0 radical (unpaired) electrons. The molecule has 0 aliphatic rings. The lowest BCUT2D eigenvalue weighted by Crippen LogP contribution is -2.03. The predicted molar refractivity (Wildman–Crippen MR) is 77.2 cm³/mol. The zero-order chi connectivity index (χ0) is 16.1. The van der Waals surface area contributed by atoms with Gasteiger partial charge in [0.2, 0.25) is 0 Å². The third-order valence-electron chi connectivity index (χ3n) is 1.68. The van der Waals surface area contributed by atoms with Gasteiger partial charge in [-0.25, -0.2) is 9.97 Å². The van der Waals surface area contributed by atoms with Crippen LogP contribution in [-0.2, 0) is 9.59 Å². The number of nitrogen functional groups attached to an aromatic ring is 2. The van der Waals surface area contributed by atoms with Gasteiger partial charge in [-0.1, -0.05) is 12.1 Å². The lowest BCUT2D eigenvalue weighted by atomic mass is 10.5. The number of nitrogens with zero attached hydrogens (tertiary/aromatic N) is 2. The first-order valence-corrected chi connectivity index (χ1v) is 5.68. The number of hydrogen-bond donors (Lipinski definition) is 4. The van der Waals surface area contributed by atoms with Gasteiger partial charge in [-0.05, 0) is 24.3 Å². The lowest BCUT2D eigenvalue weighted by Gasteiger charge is -1.82. The summed E-state index contributed by atoms with van der Waals surface area (Å²) < 4.78 is 0. The van der Waals surface area contributed by atoms with E-state index in [-0.39, 0.29) is 0 Å². The third-order valence-corrected chi connectivity index (χ3v) is 1.68. The van der Waals surface area contributed by atoms with Crippen LogP contribution in [0.15, 0.2) is 48.8 Å². The molecule has 0 fully saturated rings. The number of aromatic nitrogens is 2. The highest BCUT2D eigenvalue weighted by atomic mass is 16.4. The van der Waals surface area contributed by atoms with Gasteiger partial charge in [-0.15, -0.1) is 0 Å². The Morgan fingerprint density at radius 3 is 1.33 bits per heavy atom. The molecule has 0 aliphatic heterocycles. The maximum absolute atomic E-state index is 9.43. The van der Waals surface area contributed by atoms with Crippen LogP contribution in [0.3, 0.4) is 0 Å². The number of pyridine rings is 2. The zero-order valence-electron chi connectivity index (χ0n) is 11.1. The quantitative estimate of drug-likeness (QED) is 0.595. The molecule has 0 spiro atoms. The van der Waals surface area contributed by atoms with E-state index >= 15 is 0 Å². The van der Waals surface area contributed by atoms with Crippen LogP contribution in [0.5, 0.6) is 0 Å². The maximum Gasteiger partial charge on any atom is 0.314 e. The van der Waals surface area contributed by atoms with Gasteiger partial charge in [0, 0.05) is 12.4 Å². The van der Waals surface area contributed by atoms with E-state index in [9.17, 15) is 9.59 Å². The van der Waals surface area contributed by atoms with Crippen molar-refractivity contribution in [3.63, 3.8) is 0 Å². The fourth-order valence-electron chi connectivity index (χ4n) is 0.881. The molecule has 0 unspecified atom stereocenters. The van der Waals surface area contributed by atoms with Crippen LogP contribution in [0.2, 0.25) is 0 Å².